The van der Waals surface area contributed by atoms with Crippen LogP contribution >= 0.6 is 0 Å². The Bertz CT molecular complexity index is 1080. The van der Waals surface area contributed by atoms with E-state index >= 15 is 0 Å². The number of anilines is 1. The van der Waals surface area contributed by atoms with E-state index in [0.717, 1.165) is 15.7 Å². The molecule has 2 N–H and O–H groups in total. The lowest BCUT2D eigenvalue weighted by atomic mass is 10.1. The number of amides is 1. The highest BCUT2D eigenvalue weighted by molar-refractivity contribution is 5.96. The van der Waals surface area contributed by atoms with Crippen molar-refractivity contribution < 1.29 is 19.1 Å². The minimum absolute atomic E-state index is 0.00851. The number of nitrogens with one attached hydrogen (secondary N) is 1. The van der Waals surface area contributed by atoms with Crippen molar-refractivity contribution in [3.8, 4) is 0 Å². The first-order valence-electron chi connectivity index (χ1n) is 8.05. The van der Waals surface area contributed by atoms with E-state index in [0.29, 0.717) is 5.69 Å². The summed E-state index contributed by atoms with van der Waals surface area (Å²) in [5.41, 5.74) is 3.13. The Hall–Kier alpha value is -3.35. The predicted molar refractivity (Wildman–Crippen MR) is 96.7 cm³/mol. The number of aromatic carboxylic acids is 1. The van der Waals surface area contributed by atoms with Crippen LogP contribution < -0.4 is 11.1 Å². The average Bonchev–Trinajstić information content (AvgIpc) is 2.93. The zero-order chi connectivity index (χ0) is 19.0. The largest absolute Gasteiger partial charge is 0.478 e. The zero-order valence-electron chi connectivity index (χ0n) is 14.6. The van der Waals surface area contributed by atoms with Gasteiger partial charge in [-0.1, -0.05) is 12.1 Å². The number of carboxylic acid groups (broad SMARTS) is 1. The molecule has 1 amide bonds. The lowest BCUT2D eigenvalue weighted by Gasteiger charge is -2.15. The SMILES string of the molecule is Cc1cccc(NC(=O)C(C)n2c(=O)oc3ccc(C(=O)O)cc32)c1C. The summed E-state index contributed by atoms with van der Waals surface area (Å²) in [4.78, 5) is 36.0. The molecule has 1 atom stereocenters. The molecule has 0 bridgehead atoms. The van der Waals surface area contributed by atoms with Crippen LogP contribution in [0.2, 0.25) is 0 Å². The molecule has 0 aliphatic rings. The molecule has 7 nitrogen and oxygen atoms in total. The van der Waals surface area contributed by atoms with Gasteiger partial charge in [0.25, 0.3) is 0 Å². The molecule has 3 rings (SSSR count). The number of hydrogen-bond acceptors (Lipinski definition) is 4. The van der Waals surface area contributed by atoms with Crippen molar-refractivity contribution in [3.63, 3.8) is 0 Å². The first-order valence-corrected chi connectivity index (χ1v) is 8.05. The maximum absolute atomic E-state index is 12.7. The van der Waals surface area contributed by atoms with E-state index in [1.807, 2.05) is 26.0 Å². The van der Waals surface area contributed by atoms with Crippen molar-refractivity contribution in [3.05, 3.63) is 63.6 Å². The van der Waals surface area contributed by atoms with Crippen molar-refractivity contribution in [2.45, 2.75) is 26.8 Å². The quantitative estimate of drug-likeness (QED) is 0.749. The standard InChI is InChI=1S/C19H18N2O5/c1-10-5-4-6-14(11(10)2)20-17(22)12(3)21-15-9-13(18(23)24)7-8-16(15)26-19(21)25/h4-9,12H,1-3H3,(H,20,22)(H,23,24). The Kier molecular flexibility index (Phi) is 4.38. The molecule has 1 heterocycles. The van der Waals surface area contributed by atoms with Gasteiger partial charge in [0.1, 0.15) is 6.04 Å². The Labute approximate surface area is 148 Å². The number of carbonyl (C=O) groups is 2. The Morgan fingerprint density at radius 1 is 1.19 bits per heavy atom. The fourth-order valence-corrected chi connectivity index (χ4v) is 2.77. The van der Waals surface area contributed by atoms with E-state index in [1.54, 1.807) is 13.0 Å². The van der Waals surface area contributed by atoms with Crippen LogP contribution in [0.15, 0.2) is 45.6 Å². The molecule has 0 fully saturated rings. The van der Waals surface area contributed by atoms with Crippen molar-refractivity contribution in [2.24, 2.45) is 0 Å². The molecule has 1 aromatic heterocycles. The van der Waals surface area contributed by atoms with Gasteiger partial charge in [-0.15, -0.1) is 0 Å². The van der Waals surface area contributed by atoms with Crippen LogP contribution in [0.3, 0.4) is 0 Å². The van der Waals surface area contributed by atoms with Gasteiger partial charge in [-0.3, -0.25) is 9.36 Å². The van der Waals surface area contributed by atoms with Gasteiger partial charge in [-0.2, -0.15) is 0 Å². The van der Waals surface area contributed by atoms with Gasteiger partial charge in [0.05, 0.1) is 11.1 Å². The second-order valence-corrected chi connectivity index (χ2v) is 6.14. The maximum atomic E-state index is 12.7. The van der Waals surface area contributed by atoms with E-state index in [9.17, 15) is 14.4 Å². The molecule has 0 aliphatic heterocycles. The smallest absolute Gasteiger partial charge is 0.420 e. The number of carboxylic acids is 1. The minimum atomic E-state index is -1.13. The van der Waals surface area contributed by atoms with Crippen LogP contribution in [0.4, 0.5) is 5.69 Å². The lowest BCUT2D eigenvalue weighted by Crippen LogP contribution is -2.29. The highest BCUT2D eigenvalue weighted by Gasteiger charge is 2.23. The third kappa shape index (κ3) is 2.99. The molecule has 1 unspecified atom stereocenters. The van der Waals surface area contributed by atoms with Crippen molar-refractivity contribution >= 4 is 28.7 Å². The van der Waals surface area contributed by atoms with Crippen LogP contribution in [0.25, 0.3) is 11.1 Å². The molecular formula is C19H18N2O5. The molecule has 0 radical (unpaired) electrons. The van der Waals surface area contributed by atoms with Crippen molar-refractivity contribution in [1.82, 2.24) is 4.57 Å². The van der Waals surface area contributed by atoms with Gasteiger partial charge in [-0.05, 0) is 56.2 Å². The molecule has 0 saturated carbocycles. The van der Waals surface area contributed by atoms with Crippen molar-refractivity contribution in [1.29, 1.82) is 0 Å². The van der Waals surface area contributed by atoms with Gasteiger partial charge in [0, 0.05) is 5.69 Å². The lowest BCUT2D eigenvalue weighted by molar-refractivity contribution is -0.118. The highest BCUT2D eigenvalue weighted by Crippen LogP contribution is 2.22. The van der Waals surface area contributed by atoms with Gasteiger partial charge in [0.15, 0.2) is 5.58 Å². The van der Waals surface area contributed by atoms with Crippen LogP contribution in [0.5, 0.6) is 0 Å². The number of hydrogen-bond donors (Lipinski definition) is 2. The van der Waals surface area contributed by atoms with Crippen LogP contribution in [-0.2, 0) is 4.79 Å². The molecule has 3 aromatic rings. The Morgan fingerprint density at radius 2 is 1.92 bits per heavy atom. The van der Waals surface area contributed by atoms with E-state index in [1.165, 1.54) is 18.2 Å². The number of benzene rings is 2. The van der Waals surface area contributed by atoms with E-state index in [-0.39, 0.29) is 16.7 Å². The van der Waals surface area contributed by atoms with Gasteiger partial charge in [0.2, 0.25) is 5.91 Å². The van der Waals surface area contributed by atoms with Gasteiger partial charge < -0.3 is 14.8 Å². The molecule has 7 heteroatoms. The molecule has 26 heavy (non-hydrogen) atoms. The number of carbonyl (C=O) groups excluding carboxylic acids is 1. The summed E-state index contributed by atoms with van der Waals surface area (Å²) in [6.45, 7) is 5.40. The second kappa shape index (κ2) is 6.51. The third-order valence-electron chi connectivity index (χ3n) is 4.49. The monoisotopic (exact) mass is 354 g/mol. The summed E-state index contributed by atoms with van der Waals surface area (Å²) < 4.78 is 6.29. The highest BCUT2D eigenvalue weighted by atomic mass is 16.4. The van der Waals surface area contributed by atoms with E-state index in [2.05, 4.69) is 5.32 Å². The maximum Gasteiger partial charge on any atom is 0.420 e. The minimum Gasteiger partial charge on any atom is -0.478 e. The summed E-state index contributed by atoms with van der Waals surface area (Å²) in [6, 6.07) is 8.76. The first kappa shape index (κ1) is 17.5. The molecule has 2 aromatic carbocycles. The molecule has 134 valence electrons. The third-order valence-corrected chi connectivity index (χ3v) is 4.49. The molecular weight excluding hydrogens is 336 g/mol. The van der Waals surface area contributed by atoms with Gasteiger partial charge >= 0.3 is 11.7 Å². The topological polar surface area (TPSA) is 102 Å². The van der Waals surface area contributed by atoms with Crippen LogP contribution in [0, 0.1) is 13.8 Å². The normalized spacial score (nSPS) is 12.1. The number of nitrogens with zero attached hydrogens (tertiary/aromatic N) is 1. The fourth-order valence-electron chi connectivity index (χ4n) is 2.77. The number of aromatic nitrogens is 1. The predicted octanol–water partition coefficient (Wildman–Crippen LogP) is 3.11. The fraction of sp³-hybridized carbons (Fsp3) is 0.211. The summed E-state index contributed by atoms with van der Waals surface area (Å²) >= 11 is 0. The number of aryl methyl sites for hydroxylation is 1. The number of rotatable bonds is 4. The van der Waals surface area contributed by atoms with Gasteiger partial charge in [-0.25, -0.2) is 9.59 Å². The zero-order valence-corrected chi connectivity index (χ0v) is 14.6. The Balaban J connectivity index is 2.00. The summed E-state index contributed by atoms with van der Waals surface area (Å²) in [5, 5.41) is 12.0. The number of fused-ring (bicyclic) bond motifs is 1. The van der Waals surface area contributed by atoms with E-state index < -0.39 is 23.7 Å². The number of oxazole rings is 1. The van der Waals surface area contributed by atoms with Crippen LogP contribution in [-0.4, -0.2) is 21.6 Å². The molecule has 0 saturated heterocycles. The summed E-state index contributed by atoms with van der Waals surface area (Å²) in [6.07, 6.45) is 0. The molecule has 0 spiro atoms. The van der Waals surface area contributed by atoms with Crippen molar-refractivity contribution in [2.75, 3.05) is 5.32 Å². The van der Waals surface area contributed by atoms with Crippen LogP contribution in [0.1, 0.15) is 34.5 Å². The average molecular weight is 354 g/mol. The first-order chi connectivity index (χ1) is 12.3. The Morgan fingerprint density at radius 3 is 2.62 bits per heavy atom. The second-order valence-electron chi connectivity index (χ2n) is 6.14. The van der Waals surface area contributed by atoms with E-state index in [4.69, 9.17) is 9.52 Å². The summed E-state index contributed by atoms with van der Waals surface area (Å²) in [5.74, 6) is -2.24. The summed E-state index contributed by atoms with van der Waals surface area (Å²) in [7, 11) is 0. The molecule has 0 aliphatic carbocycles.